The molecule has 0 aliphatic heterocycles. The van der Waals surface area contributed by atoms with Crippen LogP contribution in [0.15, 0.2) is 18.2 Å². The lowest BCUT2D eigenvalue weighted by atomic mass is 10.1. The maximum absolute atomic E-state index is 13.9. The lowest BCUT2D eigenvalue weighted by Crippen LogP contribution is -2.40. The number of primary amides is 1. The molecule has 1 saturated carbocycles. The number of anilines is 2. The maximum atomic E-state index is 13.9. The van der Waals surface area contributed by atoms with Crippen LogP contribution in [0.25, 0.3) is 0 Å². The Bertz CT molecular complexity index is 444. The fraction of sp³-hybridized carbons (Fsp3) is 0.462. The Labute approximate surface area is 106 Å². The van der Waals surface area contributed by atoms with E-state index >= 15 is 0 Å². The molecule has 0 spiro atoms. The van der Waals surface area contributed by atoms with E-state index in [-0.39, 0.29) is 12.6 Å². The van der Waals surface area contributed by atoms with Crippen molar-refractivity contribution < 1.29 is 9.18 Å². The van der Waals surface area contributed by atoms with E-state index in [9.17, 15) is 9.18 Å². The fourth-order valence-corrected chi connectivity index (χ4v) is 2.55. The van der Waals surface area contributed by atoms with Crippen molar-refractivity contribution in [2.24, 2.45) is 5.73 Å². The van der Waals surface area contributed by atoms with Gasteiger partial charge in [0.25, 0.3) is 0 Å². The Balaban J connectivity index is 2.29. The van der Waals surface area contributed by atoms with Crippen LogP contribution in [0.3, 0.4) is 0 Å². The Morgan fingerprint density at radius 2 is 2.06 bits per heavy atom. The molecule has 18 heavy (non-hydrogen) atoms. The molecule has 1 amide bonds. The van der Waals surface area contributed by atoms with E-state index < -0.39 is 11.7 Å². The number of carbonyl (C=O) groups excluding carboxylic acids is 1. The quantitative estimate of drug-likeness (QED) is 0.799. The second-order valence-corrected chi connectivity index (χ2v) is 4.74. The second-order valence-electron chi connectivity index (χ2n) is 4.74. The molecule has 0 unspecified atom stereocenters. The number of nitrogen functional groups attached to an aromatic ring is 1. The van der Waals surface area contributed by atoms with Crippen molar-refractivity contribution in [1.29, 1.82) is 0 Å². The Hall–Kier alpha value is -1.78. The van der Waals surface area contributed by atoms with Gasteiger partial charge in [-0.3, -0.25) is 4.79 Å². The van der Waals surface area contributed by atoms with Crippen molar-refractivity contribution in [3.05, 3.63) is 24.0 Å². The van der Waals surface area contributed by atoms with Crippen molar-refractivity contribution >= 4 is 17.3 Å². The highest BCUT2D eigenvalue weighted by Crippen LogP contribution is 2.30. The monoisotopic (exact) mass is 251 g/mol. The fourth-order valence-electron chi connectivity index (χ4n) is 2.55. The third-order valence-electron chi connectivity index (χ3n) is 3.37. The first-order chi connectivity index (χ1) is 8.58. The van der Waals surface area contributed by atoms with E-state index in [0.29, 0.717) is 11.4 Å². The molecule has 4 nitrogen and oxygen atoms in total. The van der Waals surface area contributed by atoms with Crippen molar-refractivity contribution in [3.63, 3.8) is 0 Å². The molecule has 2 rings (SSSR count). The summed E-state index contributed by atoms with van der Waals surface area (Å²) in [5.41, 5.74) is 11.6. The summed E-state index contributed by atoms with van der Waals surface area (Å²) in [4.78, 5) is 12.9. The molecule has 1 aromatic rings. The summed E-state index contributed by atoms with van der Waals surface area (Å²) in [5.74, 6) is -0.846. The van der Waals surface area contributed by atoms with Crippen molar-refractivity contribution in [3.8, 4) is 0 Å². The Kier molecular flexibility index (Phi) is 3.69. The smallest absolute Gasteiger partial charge is 0.236 e. The largest absolute Gasteiger partial charge is 0.399 e. The molecule has 1 aliphatic carbocycles. The van der Waals surface area contributed by atoms with Crippen LogP contribution in [0, 0.1) is 5.82 Å². The highest BCUT2D eigenvalue weighted by Gasteiger charge is 2.25. The van der Waals surface area contributed by atoms with Crippen LogP contribution >= 0.6 is 0 Å². The molecule has 0 saturated heterocycles. The number of carbonyl (C=O) groups is 1. The molecule has 1 fully saturated rings. The van der Waals surface area contributed by atoms with Gasteiger partial charge in [0.2, 0.25) is 5.91 Å². The molecular weight excluding hydrogens is 233 g/mol. The van der Waals surface area contributed by atoms with Gasteiger partial charge in [-0.15, -0.1) is 0 Å². The Morgan fingerprint density at radius 1 is 1.39 bits per heavy atom. The first-order valence-corrected chi connectivity index (χ1v) is 6.18. The van der Waals surface area contributed by atoms with Crippen LogP contribution in [0.4, 0.5) is 15.8 Å². The molecule has 0 radical (unpaired) electrons. The Morgan fingerprint density at radius 3 is 2.61 bits per heavy atom. The van der Waals surface area contributed by atoms with Gasteiger partial charge in [0.05, 0.1) is 12.2 Å². The zero-order chi connectivity index (χ0) is 13.1. The molecule has 0 aromatic heterocycles. The number of hydrogen-bond donors (Lipinski definition) is 2. The summed E-state index contributed by atoms with van der Waals surface area (Å²) in [6.45, 7) is 0.0471. The zero-order valence-electron chi connectivity index (χ0n) is 10.2. The highest BCUT2D eigenvalue weighted by molar-refractivity contribution is 5.80. The van der Waals surface area contributed by atoms with Crippen LogP contribution in [0.5, 0.6) is 0 Å². The molecule has 0 heterocycles. The van der Waals surface area contributed by atoms with E-state index in [1.807, 2.05) is 0 Å². The standard InChI is InChI=1S/C13H18FN3O/c14-11-7-9(15)5-6-12(11)17(8-13(16)18)10-3-1-2-4-10/h5-7,10H,1-4,8,15H2,(H2,16,18). The molecule has 5 heteroatoms. The first-order valence-electron chi connectivity index (χ1n) is 6.18. The highest BCUT2D eigenvalue weighted by atomic mass is 19.1. The van der Waals surface area contributed by atoms with Crippen molar-refractivity contribution in [1.82, 2.24) is 0 Å². The van der Waals surface area contributed by atoms with Crippen molar-refractivity contribution in [2.75, 3.05) is 17.2 Å². The summed E-state index contributed by atoms with van der Waals surface area (Å²) in [5, 5.41) is 0. The molecule has 98 valence electrons. The van der Waals surface area contributed by atoms with Crippen LogP contribution in [-0.2, 0) is 4.79 Å². The average Bonchev–Trinajstić information content (AvgIpc) is 2.79. The summed E-state index contributed by atoms with van der Waals surface area (Å²) in [6.07, 6.45) is 4.15. The number of nitrogens with zero attached hydrogens (tertiary/aromatic N) is 1. The predicted octanol–water partition coefficient (Wildman–Crippen LogP) is 1.64. The minimum Gasteiger partial charge on any atom is -0.399 e. The minimum absolute atomic E-state index is 0.0471. The summed E-state index contributed by atoms with van der Waals surface area (Å²) in [7, 11) is 0. The van der Waals surface area contributed by atoms with E-state index in [2.05, 4.69) is 0 Å². The van der Waals surface area contributed by atoms with E-state index in [0.717, 1.165) is 25.7 Å². The zero-order valence-corrected chi connectivity index (χ0v) is 10.2. The van der Waals surface area contributed by atoms with E-state index in [4.69, 9.17) is 11.5 Å². The van der Waals surface area contributed by atoms with Gasteiger partial charge in [-0.25, -0.2) is 4.39 Å². The first kappa shape index (κ1) is 12.7. The van der Waals surface area contributed by atoms with E-state index in [1.165, 1.54) is 6.07 Å². The normalized spacial score (nSPS) is 15.8. The lowest BCUT2D eigenvalue weighted by Gasteiger charge is -2.30. The molecule has 0 atom stereocenters. The predicted molar refractivity (Wildman–Crippen MR) is 69.6 cm³/mol. The molecular formula is C13H18FN3O. The number of benzene rings is 1. The van der Waals surface area contributed by atoms with Gasteiger partial charge in [0.1, 0.15) is 5.82 Å². The molecule has 0 bridgehead atoms. The van der Waals surface area contributed by atoms with Gasteiger partial charge >= 0.3 is 0 Å². The van der Waals surface area contributed by atoms with Crippen molar-refractivity contribution in [2.45, 2.75) is 31.7 Å². The van der Waals surface area contributed by atoms with Gasteiger partial charge in [0.15, 0.2) is 0 Å². The number of hydrogen-bond acceptors (Lipinski definition) is 3. The minimum atomic E-state index is -0.446. The topological polar surface area (TPSA) is 72.4 Å². The summed E-state index contributed by atoms with van der Waals surface area (Å²) < 4.78 is 13.9. The van der Waals surface area contributed by atoms with Gasteiger partial charge in [-0.05, 0) is 31.0 Å². The second kappa shape index (κ2) is 5.25. The van der Waals surface area contributed by atoms with Gasteiger partial charge in [-0.2, -0.15) is 0 Å². The van der Waals surface area contributed by atoms with Gasteiger partial charge in [0, 0.05) is 11.7 Å². The SMILES string of the molecule is NC(=O)CN(c1ccc(N)cc1F)C1CCCC1. The maximum Gasteiger partial charge on any atom is 0.236 e. The average molecular weight is 251 g/mol. The number of rotatable bonds is 4. The number of nitrogens with two attached hydrogens (primary N) is 2. The van der Waals surface area contributed by atoms with Crippen LogP contribution < -0.4 is 16.4 Å². The molecule has 1 aromatic carbocycles. The van der Waals surface area contributed by atoms with Gasteiger partial charge < -0.3 is 16.4 Å². The lowest BCUT2D eigenvalue weighted by molar-refractivity contribution is -0.116. The summed E-state index contributed by atoms with van der Waals surface area (Å²) in [6, 6.07) is 4.72. The molecule has 1 aliphatic rings. The third kappa shape index (κ3) is 2.72. The number of amides is 1. The van der Waals surface area contributed by atoms with Crippen LogP contribution in [0.2, 0.25) is 0 Å². The van der Waals surface area contributed by atoms with E-state index in [1.54, 1.807) is 17.0 Å². The molecule has 4 N–H and O–H groups in total. The third-order valence-corrected chi connectivity index (χ3v) is 3.37. The van der Waals surface area contributed by atoms with Crippen LogP contribution in [0.1, 0.15) is 25.7 Å². The van der Waals surface area contributed by atoms with Crippen LogP contribution in [-0.4, -0.2) is 18.5 Å². The summed E-state index contributed by atoms with van der Waals surface area (Å²) >= 11 is 0. The number of halogens is 1. The van der Waals surface area contributed by atoms with Gasteiger partial charge in [-0.1, -0.05) is 12.8 Å².